The lowest BCUT2D eigenvalue weighted by Crippen LogP contribution is -2.36. The quantitative estimate of drug-likeness (QED) is 0.681. The minimum atomic E-state index is 0.0832. The molecule has 0 aromatic carbocycles. The lowest BCUT2D eigenvalue weighted by atomic mass is 10.2. The van der Waals surface area contributed by atoms with Gasteiger partial charge in [-0.2, -0.15) is 0 Å². The molecule has 0 unspecified atom stereocenters. The van der Waals surface area contributed by atoms with Gasteiger partial charge in [-0.05, 0) is 54.4 Å². The number of aromatic nitrogens is 1. The summed E-state index contributed by atoms with van der Waals surface area (Å²) >= 11 is 3.84. The molecule has 0 saturated heterocycles. The molecular weight excluding hydrogens is 397 g/mol. The van der Waals surface area contributed by atoms with Crippen molar-refractivity contribution >= 4 is 39.8 Å². The molecule has 1 amide bonds. The summed E-state index contributed by atoms with van der Waals surface area (Å²) in [6.07, 6.45) is 3.56. The average Bonchev–Trinajstić information content (AvgIpc) is 2.90. The number of hydrogen-bond donors (Lipinski definition) is 0. The van der Waals surface area contributed by atoms with Crippen LogP contribution in [0.25, 0.3) is 0 Å². The molecule has 2 aromatic rings. The summed E-state index contributed by atoms with van der Waals surface area (Å²) in [6.45, 7) is 2.13. The zero-order valence-electron chi connectivity index (χ0n) is 12.1. The van der Waals surface area contributed by atoms with E-state index in [0.717, 1.165) is 20.6 Å². The fourth-order valence-corrected chi connectivity index (χ4v) is 3.21. The van der Waals surface area contributed by atoms with E-state index in [9.17, 15) is 4.79 Å². The summed E-state index contributed by atoms with van der Waals surface area (Å²) in [7, 11) is 4.03. The fourth-order valence-electron chi connectivity index (χ4n) is 1.89. The van der Waals surface area contributed by atoms with Gasteiger partial charge in [-0.25, -0.2) is 0 Å². The molecular formula is C15H18IN3OS. The van der Waals surface area contributed by atoms with Crippen molar-refractivity contribution < 1.29 is 4.79 Å². The summed E-state index contributed by atoms with van der Waals surface area (Å²) in [4.78, 5) is 20.8. The SMILES string of the molecule is CN(C)CCN(Cc1cccnc1)C(=O)c1csc(I)c1. The molecule has 0 spiro atoms. The predicted molar refractivity (Wildman–Crippen MR) is 94.6 cm³/mol. The van der Waals surface area contributed by atoms with Crippen LogP contribution in [0.3, 0.4) is 0 Å². The van der Waals surface area contributed by atoms with Gasteiger partial charge in [-0.1, -0.05) is 6.07 Å². The number of pyridine rings is 1. The van der Waals surface area contributed by atoms with Crippen molar-refractivity contribution in [3.8, 4) is 0 Å². The number of amides is 1. The maximum Gasteiger partial charge on any atom is 0.255 e. The van der Waals surface area contributed by atoms with Gasteiger partial charge >= 0.3 is 0 Å². The van der Waals surface area contributed by atoms with Crippen molar-refractivity contribution in [1.82, 2.24) is 14.8 Å². The van der Waals surface area contributed by atoms with Crippen LogP contribution in [0.2, 0.25) is 0 Å². The third-order valence-corrected chi connectivity index (χ3v) is 4.80. The number of carbonyl (C=O) groups excluding carboxylic acids is 1. The predicted octanol–water partition coefficient (Wildman–Crippen LogP) is 2.95. The molecule has 0 atom stereocenters. The Morgan fingerprint density at radius 1 is 1.38 bits per heavy atom. The highest BCUT2D eigenvalue weighted by Gasteiger charge is 2.17. The topological polar surface area (TPSA) is 36.4 Å². The zero-order chi connectivity index (χ0) is 15.2. The second-order valence-corrected chi connectivity index (χ2v) is 7.84. The number of carbonyl (C=O) groups is 1. The summed E-state index contributed by atoms with van der Waals surface area (Å²) in [6, 6.07) is 5.84. The van der Waals surface area contributed by atoms with Crippen molar-refractivity contribution in [2.45, 2.75) is 6.54 Å². The van der Waals surface area contributed by atoms with Crippen LogP contribution in [0.4, 0.5) is 0 Å². The van der Waals surface area contributed by atoms with Gasteiger partial charge in [0.2, 0.25) is 0 Å². The van der Waals surface area contributed by atoms with Crippen LogP contribution in [0, 0.1) is 2.88 Å². The second-order valence-electron chi connectivity index (χ2n) is 5.03. The van der Waals surface area contributed by atoms with E-state index in [1.165, 1.54) is 0 Å². The molecule has 2 heterocycles. The minimum absolute atomic E-state index is 0.0832. The van der Waals surface area contributed by atoms with Gasteiger partial charge in [-0.15, -0.1) is 11.3 Å². The summed E-state index contributed by atoms with van der Waals surface area (Å²) in [5.41, 5.74) is 1.82. The van der Waals surface area contributed by atoms with Crippen LogP contribution in [-0.2, 0) is 6.54 Å². The minimum Gasteiger partial charge on any atom is -0.333 e. The highest BCUT2D eigenvalue weighted by atomic mass is 127. The standard InChI is InChI=1S/C15H18IN3OS/c1-18(2)6-7-19(10-12-4-3-5-17-9-12)15(20)13-8-14(16)21-11-13/h3-5,8-9,11H,6-7,10H2,1-2H3. The maximum absolute atomic E-state index is 12.7. The molecule has 0 aliphatic carbocycles. The highest BCUT2D eigenvalue weighted by molar-refractivity contribution is 14.1. The van der Waals surface area contributed by atoms with Crippen molar-refractivity contribution in [3.63, 3.8) is 0 Å². The number of halogens is 1. The first-order chi connectivity index (χ1) is 10.1. The Bertz CT molecular complexity index is 586. The van der Waals surface area contributed by atoms with Gasteiger partial charge in [0.15, 0.2) is 0 Å². The average molecular weight is 415 g/mol. The molecule has 21 heavy (non-hydrogen) atoms. The van der Waals surface area contributed by atoms with Crippen LogP contribution in [0.1, 0.15) is 15.9 Å². The van der Waals surface area contributed by atoms with E-state index >= 15 is 0 Å². The van der Waals surface area contributed by atoms with Crippen LogP contribution in [-0.4, -0.2) is 47.9 Å². The van der Waals surface area contributed by atoms with Crippen LogP contribution >= 0.6 is 33.9 Å². The van der Waals surface area contributed by atoms with Gasteiger partial charge in [0.05, 0.1) is 8.45 Å². The molecule has 0 aliphatic heterocycles. The Hall–Kier alpha value is -0.990. The smallest absolute Gasteiger partial charge is 0.255 e. The Balaban J connectivity index is 2.13. The highest BCUT2D eigenvalue weighted by Crippen LogP contribution is 2.19. The molecule has 0 N–H and O–H groups in total. The third-order valence-electron chi connectivity index (χ3n) is 3.01. The number of likely N-dealkylation sites (N-methyl/N-ethyl adjacent to an activating group) is 1. The first kappa shape index (κ1) is 16.4. The van der Waals surface area contributed by atoms with Crippen LogP contribution in [0.15, 0.2) is 36.0 Å². The molecule has 0 aliphatic rings. The molecule has 112 valence electrons. The van der Waals surface area contributed by atoms with E-state index in [2.05, 4.69) is 32.5 Å². The van der Waals surface area contributed by atoms with E-state index in [0.29, 0.717) is 13.1 Å². The molecule has 0 saturated carbocycles. The lowest BCUT2D eigenvalue weighted by Gasteiger charge is -2.24. The summed E-state index contributed by atoms with van der Waals surface area (Å²) in [5.74, 6) is 0.0832. The Morgan fingerprint density at radius 2 is 2.19 bits per heavy atom. The van der Waals surface area contributed by atoms with Gasteiger partial charge in [0.25, 0.3) is 5.91 Å². The zero-order valence-corrected chi connectivity index (χ0v) is 15.1. The Kier molecular flexibility index (Phi) is 6.13. The number of thiophene rings is 1. The maximum atomic E-state index is 12.7. The first-order valence-corrected chi connectivity index (χ1v) is 8.59. The first-order valence-electron chi connectivity index (χ1n) is 6.63. The van der Waals surface area contributed by atoms with E-state index in [-0.39, 0.29) is 5.91 Å². The Morgan fingerprint density at radius 3 is 2.76 bits per heavy atom. The van der Waals surface area contributed by atoms with E-state index < -0.39 is 0 Å². The van der Waals surface area contributed by atoms with E-state index in [1.807, 2.05) is 48.8 Å². The van der Waals surface area contributed by atoms with Crippen molar-refractivity contribution in [1.29, 1.82) is 0 Å². The molecule has 0 fully saturated rings. The molecule has 2 aromatic heterocycles. The number of nitrogens with zero attached hydrogens (tertiary/aromatic N) is 3. The number of hydrogen-bond acceptors (Lipinski definition) is 4. The van der Waals surface area contributed by atoms with Crippen LogP contribution < -0.4 is 0 Å². The molecule has 6 heteroatoms. The number of rotatable bonds is 6. The Labute approximate surface area is 142 Å². The molecule has 0 radical (unpaired) electrons. The second kappa shape index (κ2) is 7.86. The van der Waals surface area contributed by atoms with Crippen molar-refractivity contribution in [3.05, 3.63) is 50.0 Å². The van der Waals surface area contributed by atoms with Gasteiger partial charge < -0.3 is 9.80 Å². The van der Waals surface area contributed by atoms with E-state index in [1.54, 1.807) is 17.5 Å². The normalized spacial score (nSPS) is 10.9. The third kappa shape index (κ3) is 5.05. The van der Waals surface area contributed by atoms with Crippen LogP contribution in [0.5, 0.6) is 0 Å². The van der Waals surface area contributed by atoms with Gasteiger partial charge in [0, 0.05) is 37.4 Å². The lowest BCUT2D eigenvalue weighted by molar-refractivity contribution is 0.0732. The van der Waals surface area contributed by atoms with Gasteiger partial charge in [0.1, 0.15) is 0 Å². The van der Waals surface area contributed by atoms with E-state index in [4.69, 9.17) is 0 Å². The summed E-state index contributed by atoms with van der Waals surface area (Å²) < 4.78 is 1.13. The van der Waals surface area contributed by atoms with Crippen molar-refractivity contribution in [2.24, 2.45) is 0 Å². The molecule has 2 rings (SSSR count). The monoisotopic (exact) mass is 415 g/mol. The molecule has 4 nitrogen and oxygen atoms in total. The van der Waals surface area contributed by atoms with Gasteiger partial charge in [-0.3, -0.25) is 9.78 Å². The molecule has 0 bridgehead atoms. The fraction of sp³-hybridized carbons (Fsp3) is 0.333. The largest absolute Gasteiger partial charge is 0.333 e. The summed E-state index contributed by atoms with van der Waals surface area (Å²) in [5, 5.41) is 1.93. The van der Waals surface area contributed by atoms with Crippen molar-refractivity contribution in [2.75, 3.05) is 27.2 Å².